The number of nitrogens with one attached hydrogen (secondary N) is 1. The molecule has 1 amide bonds. The van der Waals surface area contributed by atoms with Gasteiger partial charge in [0.1, 0.15) is 6.07 Å². The summed E-state index contributed by atoms with van der Waals surface area (Å²) >= 11 is 0. The van der Waals surface area contributed by atoms with E-state index >= 15 is 0 Å². The lowest BCUT2D eigenvalue weighted by molar-refractivity contribution is -0.117. The van der Waals surface area contributed by atoms with Gasteiger partial charge in [0, 0.05) is 23.7 Å². The predicted octanol–water partition coefficient (Wildman–Crippen LogP) is 2.68. The van der Waals surface area contributed by atoms with E-state index in [1.165, 1.54) is 10.6 Å². The summed E-state index contributed by atoms with van der Waals surface area (Å²) in [6.07, 6.45) is 6.56. The summed E-state index contributed by atoms with van der Waals surface area (Å²) in [5.41, 5.74) is 3.83. The van der Waals surface area contributed by atoms with E-state index in [4.69, 9.17) is 0 Å². The quantitative estimate of drug-likeness (QED) is 0.773. The summed E-state index contributed by atoms with van der Waals surface area (Å²) in [6, 6.07) is 5.11. The van der Waals surface area contributed by atoms with Crippen LogP contribution >= 0.6 is 0 Å². The average Bonchev–Trinajstić information content (AvgIpc) is 3.29. The van der Waals surface area contributed by atoms with Crippen molar-refractivity contribution in [3.8, 4) is 6.07 Å². The summed E-state index contributed by atoms with van der Waals surface area (Å²) in [4.78, 5) is 21.4. The number of anilines is 1. The Kier molecular flexibility index (Phi) is 3.44. The fraction of sp³-hybridized carbons (Fsp3) is 0.316. The van der Waals surface area contributed by atoms with Crippen LogP contribution in [0.3, 0.4) is 0 Å². The molecule has 2 aliphatic carbocycles. The van der Waals surface area contributed by atoms with Gasteiger partial charge in [0.05, 0.1) is 34.8 Å². The number of fused-ring (bicyclic) bond motifs is 3. The van der Waals surface area contributed by atoms with Gasteiger partial charge in [-0.1, -0.05) is 0 Å². The van der Waals surface area contributed by atoms with Crippen LogP contribution in [-0.4, -0.2) is 25.5 Å². The predicted molar refractivity (Wildman–Crippen MR) is 93.6 cm³/mol. The largest absolute Gasteiger partial charge is 0.324 e. The lowest BCUT2D eigenvalue weighted by Gasteiger charge is -2.13. The van der Waals surface area contributed by atoms with Crippen LogP contribution in [0.2, 0.25) is 0 Å². The van der Waals surface area contributed by atoms with Crippen molar-refractivity contribution in [3.63, 3.8) is 0 Å². The molecule has 1 atom stereocenters. The second-order valence-corrected chi connectivity index (χ2v) is 7.02. The maximum atomic E-state index is 13.4. The van der Waals surface area contributed by atoms with Crippen molar-refractivity contribution in [2.75, 3.05) is 5.32 Å². The number of aryl methyl sites for hydroxylation is 1. The third-order valence-corrected chi connectivity index (χ3v) is 5.22. The van der Waals surface area contributed by atoms with E-state index in [0.29, 0.717) is 35.7 Å². The third kappa shape index (κ3) is 2.63. The lowest BCUT2D eigenvalue weighted by Crippen LogP contribution is -2.20. The molecular formula is C19H15FN6O. The maximum absolute atomic E-state index is 13.4. The molecule has 0 aromatic carbocycles. The molecule has 3 heterocycles. The highest BCUT2D eigenvalue weighted by molar-refractivity contribution is 5.96. The molecule has 7 nitrogen and oxygen atoms in total. The van der Waals surface area contributed by atoms with Gasteiger partial charge < -0.3 is 5.32 Å². The number of hydrogen-bond acceptors (Lipinski definition) is 5. The molecule has 2 aliphatic rings. The Bertz CT molecular complexity index is 1130. The molecule has 1 saturated carbocycles. The van der Waals surface area contributed by atoms with E-state index in [9.17, 15) is 14.4 Å². The summed E-state index contributed by atoms with van der Waals surface area (Å²) in [5, 5.41) is 16.0. The Hall–Kier alpha value is -3.34. The maximum Gasteiger partial charge on any atom is 0.235 e. The SMILES string of the molecule is N#Cc1cc(NC(=O)C2CCc3c2cnc2cc(F)nn32)cnc1C1CC1. The van der Waals surface area contributed by atoms with Crippen molar-refractivity contribution in [2.45, 2.75) is 37.5 Å². The number of pyridine rings is 1. The first-order valence-corrected chi connectivity index (χ1v) is 8.88. The molecular weight excluding hydrogens is 347 g/mol. The van der Waals surface area contributed by atoms with Crippen LogP contribution < -0.4 is 5.32 Å². The van der Waals surface area contributed by atoms with Gasteiger partial charge in [0.15, 0.2) is 5.65 Å². The summed E-state index contributed by atoms with van der Waals surface area (Å²) in [6.45, 7) is 0. The number of halogens is 1. The summed E-state index contributed by atoms with van der Waals surface area (Å²) < 4.78 is 14.9. The smallest absolute Gasteiger partial charge is 0.235 e. The first-order valence-electron chi connectivity index (χ1n) is 8.88. The molecule has 134 valence electrons. The molecule has 1 fully saturated rings. The Morgan fingerprint density at radius 1 is 1.26 bits per heavy atom. The number of carbonyl (C=O) groups excluding carboxylic acids is 1. The molecule has 27 heavy (non-hydrogen) atoms. The van der Waals surface area contributed by atoms with Crippen molar-refractivity contribution < 1.29 is 9.18 Å². The molecule has 1 N–H and O–H groups in total. The van der Waals surface area contributed by atoms with E-state index < -0.39 is 11.9 Å². The van der Waals surface area contributed by atoms with E-state index in [1.807, 2.05) is 0 Å². The Labute approximate surface area is 153 Å². The van der Waals surface area contributed by atoms with Crippen LogP contribution in [0, 0.1) is 17.3 Å². The van der Waals surface area contributed by atoms with E-state index in [-0.39, 0.29) is 5.91 Å². The van der Waals surface area contributed by atoms with Crippen LogP contribution in [0.5, 0.6) is 0 Å². The second-order valence-electron chi connectivity index (χ2n) is 7.02. The van der Waals surface area contributed by atoms with Crippen LogP contribution in [0.4, 0.5) is 10.1 Å². The molecule has 0 spiro atoms. The zero-order valence-corrected chi connectivity index (χ0v) is 14.3. The van der Waals surface area contributed by atoms with Crippen molar-refractivity contribution >= 4 is 17.2 Å². The number of nitrogens with zero attached hydrogens (tertiary/aromatic N) is 5. The minimum absolute atomic E-state index is 0.188. The Balaban J connectivity index is 1.42. The van der Waals surface area contributed by atoms with Crippen molar-refractivity contribution in [3.05, 3.63) is 53.0 Å². The summed E-state index contributed by atoms with van der Waals surface area (Å²) in [5.74, 6) is -0.797. The molecule has 0 aliphatic heterocycles. The summed E-state index contributed by atoms with van der Waals surface area (Å²) in [7, 11) is 0. The fourth-order valence-corrected chi connectivity index (χ4v) is 3.76. The molecule has 0 saturated heterocycles. The van der Waals surface area contributed by atoms with Crippen molar-refractivity contribution in [1.29, 1.82) is 5.26 Å². The van der Waals surface area contributed by atoms with Gasteiger partial charge in [-0.05, 0) is 31.7 Å². The number of nitriles is 1. The highest BCUT2D eigenvalue weighted by atomic mass is 19.1. The van der Waals surface area contributed by atoms with Gasteiger partial charge in [-0.3, -0.25) is 9.78 Å². The van der Waals surface area contributed by atoms with Crippen LogP contribution in [0.25, 0.3) is 5.65 Å². The van der Waals surface area contributed by atoms with Gasteiger partial charge in [-0.15, -0.1) is 5.10 Å². The fourth-order valence-electron chi connectivity index (χ4n) is 3.76. The monoisotopic (exact) mass is 362 g/mol. The van der Waals surface area contributed by atoms with Gasteiger partial charge in [-0.25, -0.2) is 9.50 Å². The minimum atomic E-state index is -0.588. The second kappa shape index (κ2) is 5.84. The molecule has 1 unspecified atom stereocenters. The molecule has 8 heteroatoms. The number of carbonyl (C=O) groups is 1. The van der Waals surface area contributed by atoms with E-state index in [0.717, 1.165) is 29.8 Å². The highest BCUT2D eigenvalue weighted by Gasteiger charge is 2.32. The Morgan fingerprint density at radius 2 is 2.11 bits per heavy atom. The standard InChI is InChI=1S/C19H15FN6O/c20-16-6-17-22-9-14-13(3-4-15(14)26(17)25-16)19(27)24-12-5-11(7-21)18(23-8-12)10-1-2-10/h5-6,8-10,13H,1-4H2,(H,24,27). The van der Waals surface area contributed by atoms with Gasteiger partial charge in [0.25, 0.3) is 0 Å². The number of amides is 1. The van der Waals surface area contributed by atoms with Gasteiger partial charge >= 0.3 is 0 Å². The van der Waals surface area contributed by atoms with Gasteiger partial charge in [0.2, 0.25) is 11.9 Å². The molecule has 0 bridgehead atoms. The van der Waals surface area contributed by atoms with Crippen molar-refractivity contribution in [1.82, 2.24) is 19.6 Å². The first-order chi connectivity index (χ1) is 13.1. The van der Waals surface area contributed by atoms with E-state index in [2.05, 4.69) is 26.5 Å². The molecule has 3 aromatic rings. The van der Waals surface area contributed by atoms with Crippen LogP contribution in [0.1, 0.15) is 53.6 Å². The highest BCUT2D eigenvalue weighted by Crippen LogP contribution is 2.41. The minimum Gasteiger partial charge on any atom is -0.324 e. The van der Waals surface area contributed by atoms with Gasteiger partial charge in [-0.2, -0.15) is 9.65 Å². The first kappa shape index (κ1) is 15.9. The van der Waals surface area contributed by atoms with Crippen LogP contribution in [0.15, 0.2) is 24.5 Å². The number of aromatic nitrogens is 4. The topological polar surface area (TPSA) is 96.0 Å². The zero-order chi connectivity index (χ0) is 18.5. The van der Waals surface area contributed by atoms with Crippen LogP contribution in [-0.2, 0) is 11.2 Å². The Morgan fingerprint density at radius 3 is 2.89 bits per heavy atom. The third-order valence-electron chi connectivity index (χ3n) is 5.22. The number of rotatable bonds is 3. The molecule has 3 aromatic heterocycles. The van der Waals surface area contributed by atoms with E-state index in [1.54, 1.807) is 18.5 Å². The number of hydrogen-bond donors (Lipinski definition) is 1. The lowest BCUT2D eigenvalue weighted by atomic mass is 10.0. The zero-order valence-electron chi connectivity index (χ0n) is 14.3. The normalized spacial score (nSPS) is 18.3. The molecule has 5 rings (SSSR count). The molecule has 0 radical (unpaired) electrons. The van der Waals surface area contributed by atoms with Crippen molar-refractivity contribution in [2.24, 2.45) is 0 Å². The average molecular weight is 362 g/mol.